The molecule has 3 nitrogen and oxygen atoms in total. The molecule has 1 saturated carbocycles. The molecular formula is C12H16Cl2N2O. The molecule has 0 radical (unpaired) electrons. The number of aliphatic hydroxyl groups is 1. The lowest BCUT2D eigenvalue weighted by molar-refractivity contribution is 0.222. The minimum absolute atomic E-state index is 0.207. The van der Waals surface area contributed by atoms with Crippen molar-refractivity contribution >= 4 is 34.6 Å². The van der Waals surface area contributed by atoms with Gasteiger partial charge in [0.05, 0.1) is 21.4 Å². The first kappa shape index (κ1) is 12.8. The van der Waals surface area contributed by atoms with E-state index < -0.39 is 0 Å². The molecule has 4 N–H and O–H groups in total. The molecule has 0 aliphatic heterocycles. The predicted molar refractivity (Wildman–Crippen MR) is 72.7 cm³/mol. The van der Waals surface area contributed by atoms with E-state index in [1.165, 1.54) is 0 Å². The second kappa shape index (κ2) is 5.34. The average Bonchev–Trinajstić information content (AvgIpc) is 2.73. The molecule has 0 spiro atoms. The minimum Gasteiger partial charge on any atom is -0.397 e. The molecular weight excluding hydrogens is 259 g/mol. The van der Waals surface area contributed by atoms with E-state index in [0.29, 0.717) is 21.7 Å². The summed E-state index contributed by atoms with van der Waals surface area (Å²) in [5, 5.41) is 13.6. The first-order valence-corrected chi connectivity index (χ1v) is 6.49. The summed E-state index contributed by atoms with van der Waals surface area (Å²) in [5.74, 6) is 0.295. The topological polar surface area (TPSA) is 58.3 Å². The fourth-order valence-corrected chi connectivity index (χ4v) is 2.67. The fourth-order valence-electron chi connectivity index (χ4n) is 2.33. The standard InChI is InChI=1S/C12H16Cl2N2O/c13-8-4-10(15)12(5-9(8)14)16-11-3-1-2-7(11)6-17/h4-5,7,11,16-17H,1-3,6,15H2. The zero-order valence-corrected chi connectivity index (χ0v) is 10.9. The van der Waals surface area contributed by atoms with Crippen molar-refractivity contribution in [3.63, 3.8) is 0 Å². The number of anilines is 2. The first-order valence-electron chi connectivity index (χ1n) is 5.73. The van der Waals surface area contributed by atoms with Crippen LogP contribution in [0, 0.1) is 5.92 Å². The van der Waals surface area contributed by atoms with Crippen LogP contribution in [-0.4, -0.2) is 17.8 Å². The molecule has 1 aromatic rings. The molecule has 0 aromatic heterocycles. The molecule has 2 atom stereocenters. The van der Waals surface area contributed by atoms with Crippen molar-refractivity contribution in [1.82, 2.24) is 0 Å². The second-order valence-corrected chi connectivity index (χ2v) is 5.29. The SMILES string of the molecule is Nc1cc(Cl)c(Cl)cc1NC1CCCC1CO. The Morgan fingerprint density at radius 2 is 2.00 bits per heavy atom. The van der Waals surface area contributed by atoms with E-state index in [2.05, 4.69) is 5.32 Å². The number of benzene rings is 1. The summed E-state index contributed by atoms with van der Waals surface area (Å²) >= 11 is 11.8. The molecule has 94 valence electrons. The fraction of sp³-hybridized carbons (Fsp3) is 0.500. The van der Waals surface area contributed by atoms with Crippen molar-refractivity contribution < 1.29 is 5.11 Å². The van der Waals surface area contributed by atoms with Gasteiger partial charge in [-0.1, -0.05) is 29.6 Å². The van der Waals surface area contributed by atoms with Gasteiger partial charge in [0.15, 0.2) is 0 Å². The summed E-state index contributed by atoms with van der Waals surface area (Å²) in [5.41, 5.74) is 7.27. The summed E-state index contributed by atoms with van der Waals surface area (Å²) in [6, 6.07) is 3.65. The minimum atomic E-state index is 0.207. The molecule has 1 aromatic carbocycles. The lowest BCUT2D eigenvalue weighted by Crippen LogP contribution is -2.26. The summed E-state index contributed by atoms with van der Waals surface area (Å²) in [6.45, 7) is 0.207. The maximum Gasteiger partial charge on any atom is 0.0614 e. The van der Waals surface area contributed by atoms with Crippen LogP contribution in [0.25, 0.3) is 0 Å². The Morgan fingerprint density at radius 3 is 2.71 bits per heavy atom. The Labute approximate surface area is 111 Å². The van der Waals surface area contributed by atoms with Crippen molar-refractivity contribution in [2.75, 3.05) is 17.7 Å². The summed E-state index contributed by atoms with van der Waals surface area (Å²) in [6.07, 6.45) is 3.23. The Bertz CT molecular complexity index is 412. The summed E-state index contributed by atoms with van der Waals surface area (Å²) in [4.78, 5) is 0. The molecule has 0 heterocycles. The highest BCUT2D eigenvalue weighted by Crippen LogP contribution is 2.34. The van der Waals surface area contributed by atoms with Crippen LogP contribution in [0.3, 0.4) is 0 Å². The number of hydrogen-bond acceptors (Lipinski definition) is 3. The van der Waals surface area contributed by atoms with Gasteiger partial charge in [0, 0.05) is 18.6 Å². The third kappa shape index (κ3) is 2.79. The van der Waals surface area contributed by atoms with Crippen LogP contribution in [0.15, 0.2) is 12.1 Å². The van der Waals surface area contributed by atoms with Crippen molar-refractivity contribution in [3.05, 3.63) is 22.2 Å². The van der Waals surface area contributed by atoms with E-state index in [1.807, 2.05) is 0 Å². The van der Waals surface area contributed by atoms with Crippen molar-refractivity contribution in [3.8, 4) is 0 Å². The molecule has 1 aliphatic carbocycles. The zero-order valence-electron chi connectivity index (χ0n) is 9.42. The number of halogens is 2. The highest BCUT2D eigenvalue weighted by atomic mass is 35.5. The average molecular weight is 275 g/mol. The lowest BCUT2D eigenvalue weighted by atomic mass is 10.0. The zero-order chi connectivity index (χ0) is 12.4. The number of rotatable bonds is 3. The summed E-state index contributed by atoms with van der Waals surface area (Å²) in [7, 11) is 0. The molecule has 0 amide bonds. The van der Waals surface area contributed by atoms with Crippen LogP contribution in [0.2, 0.25) is 10.0 Å². The smallest absolute Gasteiger partial charge is 0.0614 e. The van der Waals surface area contributed by atoms with Gasteiger partial charge in [-0.2, -0.15) is 0 Å². The van der Waals surface area contributed by atoms with Crippen LogP contribution in [0.1, 0.15) is 19.3 Å². The largest absolute Gasteiger partial charge is 0.397 e. The lowest BCUT2D eigenvalue weighted by Gasteiger charge is -2.21. The van der Waals surface area contributed by atoms with E-state index in [1.54, 1.807) is 12.1 Å². The van der Waals surface area contributed by atoms with Gasteiger partial charge < -0.3 is 16.2 Å². The molecule has 5 heteroatoms. The van der Waals surface area contributed by atoms with Gasteiger partial charge in [0.25, 0.3) is 0 Å². The quantitative estimate of drug-likeness (QED) is 0.743. The normalized spacial score (nSPS) is 23.9. The van der Waals surface area contributed by atoms with Crippen molar-refractivity contribution in [1.29, 1.82) is 0 Å². The van der Waals surface area contributed by atoms with E-state index in [4.69, 9.17) is 28.9 Å². The number of nitrogens with two attached hydrogens (primary N) is 1. The van der Waals surface area contributed by atoms with Crippen molar-refractivity contribution in [2.45, 2.75) is 25.3 Å². The van der Waals surface area contributed by atoms with E-state index >= 15 is 0 Å². The van der Waals surface area contributed by atoms with Crippen LogP contribution in [0.5, 0.6) is 0 Å². The third-order valence-corrected chi connectivity index (χ3v) is 4.05. The number of nitrogens with one attached hydrogen (secondary N) is 1. The number of hydrogen-bond donors (Lipinski definition) is 3. The monoisotopic (exact) mass is 274 g/mol. The molecule has 1 fully saturated rings. The van der Waals surface area contributed by atoms with Gasteiger partial charge in [-0.25, -0.2) is 0 Å². The highest BCUT2D eigenvalue weighted by Gasteiger charge is 2.26. The first-order chi connectivity index (χ1) is 8.11. The van der Waals surface area contributed by atoms with Crippen LogP contribution < -0.4 is 11.1 Å². The van der Waals surface area contributed by atoms with Gasteiger partial charge in [-0.05, 0) is 25.0 Å². The summed E-state index contributed by atoms with van der Waals surface area (Å²) < 4.78 is 0. The molecule has 17 heavy (non-hydrogen) atoms. The van der Waals surface area contributed by atoms with E-state index in [0.717, 1.165) is 24.9 Å². The van der Waals surface area contributed by atoms with Crippen LogP contribution in [0.4, 0.5) is 11.4 Å². The van der Waals surface area contributed by atoms with Gasteiger partial charge >= 0.3 is 0 Å². The number of aliphatic hydroxyl groups excluding tert-OH is 1. The Morgan fingerprint density at radius 1 is 1.29 bits per heavy atom. The van der Waals surface area contributed by atoms with Gasteiger partial charge in [0.2, 0.25) is 0 Å². The van der Waals surface area contributed by atoms with Crippen molar-refractivity contribution in [2.24, 2.45) is 5.92 Å². The third-order valence-electron chi connectivity index (χ3n) is 3.33. The predicted octanol–water partition coefficient (Wildman–Crippen LogP) is 3.15. The van der Waals surface area contributed by atoms with E-state index in [9.17, 15) is 5.11 Å². The van der Waals surface area contributed by atoms with Gasteiger partial charge in [-0.3, -0.25) is 0 Å². The molecule has 0 saturated heterocycles. The Balaban J connectivity index is 2.15. The number of nitrogen functional groups attached to an aromatic ring is 1. The molecule has 1 aliphatic rings. The maximum atomic E-state index is 9.26. The molecule has 2 unspecified atom stereocenters. The van der Waals surface area contributed by atoms with Crippen LogP contribution >= 0.6 is 23.2 Å². The van der Waals surface area contributed by atoms with Crippen LogP contribution in [-0.2, 0) is 0 Å². The van der Waals surface area contributed by atoms with Gasteiger partial charge in [-0.15, -0.1) is 0 Å². The Hall–Kier alpha value is -0.640. The molecule has 2 rings (SSSR count). The Kier molecular flexibility index (Phi) is 4.02. The highest BCUT2D eigenvalue weighted by molar-refractivity contribution is 6.42. The molecule has 0 bridgehead atoms. The van der Waals surface area contributed by atoms with E-state index in [-0.39, 0.29) is 12.6 Å². The maximum absolute atomic E-state index is 9.26. The van der Waals surface area contributed by atoms with Gasteiger partial charge in [0.1, 0.15) is 0 Å². The second-order valence-electron chi connectivity index (χ2n) is 4.48.